The van der Waals surface area contributed by atoms with Gasteiger partial charge in [0.15, 0.2) is 0 Å². The number of halogens is 1. The summed E-state index contributed by atoms with van der Waals surface area (Å²) >= 11 is 0. The van der Waals surface area contributed by atoms with E-state index in [1.165, 1.54) is 61.1 Å². The molecule has 0 heterocycles. The number of hydrogen-bond acceptors (Lipinski definition) is 4. The molecule has 2 aromatic rings. The van der Waals surface area contributed by atoms with Crippen LogP contribution in [0.3, 0.4) is 0 Å². The maximum atomic E-state index is 13.9. The molecule has 4 fully saturated rings. The van der Waals surface area contributed by atoms with Gasteiger partial charge in [-0.05, 0) is 110 Å². The van der Waals surface area contributed by atoms with Gasteiger partial charge in [-0.2, -0.15) is 0 Å². The van der Waals surface area contributed by atoms with Gasteiger partial charge in [-0.1, -0.05) is 44.5 Å². The fourth-order valence-corrected chi connectivity index (χ4v) is 9.12. The van der Waals surface area contributed by atoms with E-state index in [0.717, 1.165) is 41.2 Å². The van der Waals surface area contributed by atoms with Crippen molar-refractivity contribution in [2.24, 2.45) is 17.8 Å². The number of hydrogen-bond donors (Lipinski definition) is 1. The van der Waals surface area contributed by atoms with Gasteiger partial charge in [0.1, 0.15) is 18.4 Å². The minimum absolute atomic E-state index is 0.0569. The highest BCUT2D eigenvalue weighted by Crippen LogP contribution is 2.60. The molecule has 1 unspecified atom stereocenters. The van der Waals surface area contributed by atoms with Crippen molar-refractivity contribution in [1.82, 2.24) is 10.2 Å². The lowest BCUT2D eigenvalue weighted by atomic mass is 9.48. The minimum Gasteiger partial charge on any atom is -0.354 e. The Hall–Kier alpha value is -2.94. The van der Waals surface area contributed by atoms with Gasteiger partial charge in [0.05, 0.1) is 11.9 Å². The first-order chi connectivity index (χ1) is 20.5. The third-order valence-corrected chi connectivity index (χ3v) is 11.1. The fourth-order valence-electron chi connectivity index (χ4n) is 8.27. The summed E-state index contributed by atoms with van der Waals surface area (Å²) < 4.78 is 40.9. The van der Waals surface area contributed by atoms with Gasteiger partial charge < -0.3 is 10.2 Å². The van der Waals surface area contributed by atoms with Crippen LogP contribution in [0.2, 0.25) is 0 Å². The fraction of sp³-hybridized carbons (Fsp3) is 0.588. The summed E-state index contributed by atoms with van der Waals surface area (Å²) in [6.07, 6.45) is 10.9. The highest BCUT2D eigenvalue weighted by Gasteiger charge is 2.51. The van der Waals surface area contributed by atoms with Crippen LogP contribution in [-0.4, -0.2) is 50.5 Å². The smallest absolute Gasteiger partial charge is 0.244 e. The van der Waals surface area contributed by atoms with E-state index in [2.05, 4.69) is 17.4 Å². The van der Waals surface area contributed by atoms with Crippen LogP contribution in [0.1, 0.15) is 82.8 Å². The van der Waals surface area contributed by atoms with Crippen molar-refractivity contribution in [1.29, 1.82) is 0 Å². The quantitative estimate of drug-likeness (QED) is 0.291. The van der Waals surface area contributed by atoms with E-state index >= 15 is 0 Å². The van der Waals surface area contributed by atoms with Crippen molar-refractivity contribution in [3.63, 3.8) is 0 Å². The minimum atomic E-state index is -3.82. The molecule has 0 aliphatic heterocycles. The lowest BCUT2D eigenvalue weighted by Crippen LogP contribution is -2.52. The van der Waals surface area contributed by atoms with Crippen molar-refractivity contribution < 1.29 is 22.4 Å². The molecule has 2 aromatic carbocycles. The molecule has 1 N–H and O–H groups in total. The molecule has 234 valence electrons. The van der Waals surface area contributed by atoms with Crippen LogP contribution in [0.4, 0.5) is 10.1 Å². The molecular formula is C34H46FN3O4S. The summed E-state index contributed by atoms with van der Waals surface area (Å²) in [5.41, 5.74) is 2.56. The van der Waals surface area contributed by atoms with E-state index in [1.807, 2.05) is 26.0 Å². The second-order valence-electron chi connectivity index (χ2n) is 13.2. The van der Waals surface area contributed by atoms with Gasteiger partial charge in [-0.25, -0.2) is 12.8 Å². The van der Waals surface area contributed by atoms with Crippen LogP contribution in [0.25, 0.3) is 0 Å². The monoisotopic (exact) mass is 611 g/mol. The average molecular weight is 612 g/mol. The summed E-state index contributed by atoms with van der Waals surface area (Å²) in [6, 6.07) is 12.8. The first-order valence-corrected chi connectivity index (χ1v) is 17.8. The molecule has 6 rings (SSSR count). The van der Waals surface area contributed by atoms with Gasteiger partial charge in [-0.3, -0.25) is 13.9 Å². The van der Waals surface area contributed by atoms with Crippen LogP contribution >= 0.6 is 0 Å². The van der Waals surface area contributed by atoms with Crippen molar-refractivity contribution in [2.45, 2.75) is 89.6 Å². The van der Waals surface area contributed by atoms with Gasteiger partial charge in [0, 0.05) is 13.1 Å². The topological polar surface area (TPSA) is 86.8 Å². The number of carbonyl (C=O) groups excluding carboxylic acids is 2. The van der Waals surface area contributed by atoms with Crippen molar-refractivity contribution in [3.8, 4) is 0 Å². The predicted octanol–water partition coefficient (Wildman–Crippen LogP) is 5.78. The Morgan fingerprint density at radius 1 is 0.953 bits per heavy atom. The second kappa shape index (κ2) is 13.0. The zero-order chi connectivity index (χ0) is 30.8. The van der Waals surface area contributed by atoms with Crippen LogP contribution in [0, 0.1) is 23.6 Å². The normalized spacial score (nSPS) is 24.9. The van der Waals surface area contributed by atoms with Crippen LogP contribution < -0.4 is 9.62 Å². The Morgan fingerprint density at radius 2 is 1.53 bits per heavy atom. The zero-order valence-corrected chi connectivity index (χ0v) is 26.5. The summed E-state index contributed by atoms with van der Waals surface area (Å²) in [6.45, 7) is 3.97. The molecule has 4 aliphatic rings. The van der Waals surface area contributed by atoms with Gasteiger partial charge in [-0.15, -0.1) is 0 Å². The van der Waals surface area contributed by atoms with Crippen LogP contribution in [0.5, 0.6) is 0 Å². The largest absolute Gasteiger partial charge is 0.354 e. The average Bonchev–Trinajstić information content (AvgIpc) is 2.95. The third kappa shape index (κ3) is 7.08. The highest BCUT2D eigenvalue weighted by molar-refractivity contribution is 7.92. The molecule has 9 heteroatoms. The summed E-state index contributed by atoms with van der Waals surface area (Å²) in [5.74, 6) is 1.23. The Labute approximate surface area is 256 Å². The number of carbonyl (C=O) groups is 2. The van der Waals surface area contributed by atoms with Crippen LogP contribution in [0.15, 0.2) is 48.5 Å². The SMILES string of the molecule is CCCCNC(=O)C(CC)N(Cc1ccc(F)cc1)C(=O)CN(c1ccc(C23CC4CC(CC(C4)C2)C3)cc1)S(C)(=O)=O. The maximum absolute atomic E-state index is 13.9. The van der Waals surface area contributed by atoms with E-state index in [1.54, 1.807) is 12.1 Å². The number of sulfonamides is 1. The number of amides is 2. The van der Waals surface area contributed by atoms with Crippen LogP contribution in [-0.2, 0) is 31.6 Å². The molecular weight excluding hydrogens is 565 g/mol. The van der Waals surface area contributed by atoms with Crippen molar-refractivity contribution in [3.05, 3.63) is 65.5 Å². The van der Waals surface area contributed by atoms with E-state index < -0.39 is 34.3 Å². The zero-order valence-electron chi connectivity index (χ0n) is 25.7. The van der Waals surface area contributed by atoms with Crippen molar-refractivity contribution in [2.75, 3.05) is 23.7 Å². The molecule has 1 atom stereocenters. The number of rotatable bonds is 13. The number of anilines is 1. The molecule has 4 saturated carbocycles. The first-order valence-electron chi connectivity index (χ1n) is 15.9. The van der Waals surface area contributed by atoms with E-state index in [4.69, 9.17) is 0 Å². The Kier molecular flexibility index (Phi) is 9.49. The predicted molar refractivity (Wildman–Crippen MR) is 167 cm³/mol. The number of nitrogens with zero attached hydrogens (tertiary/aromatic N) is 2. The van der Waals surface area contributed by atoms with Gasteiger partial charge >= 0.3 is 0 Å². The Balaban J connectivity index is 1.38. The molecule has 0 radical (unpaired) electrons. The maximum Gasteiger partial charge on any atom is 0.244 e. The standard InChI is InChI=1S/C34H46FN3O4S/c1-4-6-15-36-33(40)31(5-2)37(22-24-7-11-29(35)12-8-24)32(39)23-38(43(3,41)42)30-13-9-28(10-14-30)34-19-25-16-26(20-34)18-27(17-25)21-34/h7-14,25-27,31H,4-6,15-23H2,1-3H3,(H,36,40). The van der Waals surface area contributed by atoms with Gasteiger partial charge in [0.2, 0.25) is 21.8 Å². The third-order valence-electron chi connectivity index (χ3n) is 9.97. The lowest BCUT2D eigenvalue weighted by molar-refractivity contribution is -0.140. The molecule has 0 aromatic heterocycles. The molecule has 0 saturated heterocycles. The van der Waals surface area contributed by atoms with E-state index in [-0.39, 0.29) is 17.9 Å². The number of nitrogens with one attached hydrogen (secondary N) is 1. The van der Waals surface area contributed by atoms with E-state index in [9.17, 15) is 22.4 Å². The highest BCUT2D eigenvalue weighted by atomic mass is 32.2. The number of benzene rings is 2. The number of unbranched alkanes of at least 4 members (excludes halogenated alkanes) is 1. The molecule has 4 aliphatic carbocycles. The second-order valence-corrected chi connectivity index (χ2v) is 15.1. The molecule has 7 nitrogen and oxygen atoms in total. The summed E-state index contributed by atoms with van der Waals surface area (Å²) in [7, 11) is -3.82. The Bertz CT molecular complexity index is 1360. The molecule has 4 bridgehead atoms. The molecule has 2 amide bonds. The van der Waals surface area contributed by atoms with Gasteiger partial charge in [0.25, 0.3) is 0 Å². The molecule has 43 heavy (non-hydrogen) atoms. The first kappa shape index (κ1) is 31.5. The van der Waals surface area contributed by atoms with E-state index in [0.29, 0.717) is 24.2 Å². The summed E-state index contributed by atoms with van der Waals surface area (Å²) in [4.78, 5) is 28.6. The summed E-state index contributed by atoms with van der Waals surface area (Å²) in [5, 5.41) is 2.92. The van der Waals surface area contributed by atoms with Crippen molar-refractivity contribution >= 4 is 27.5 Å². The Morgan fingerprint density at radius 3 is 2.05 bits per heavy atom. The molecule has 0 spiro atoms. The lowest BCUT2D eigenvalue weighted by Gasteiger charge is -2.57.